The molecule has 1 aromatic heterocycles. The second-order valence-corrected chi connectivity index (χ2v) is 7.50. The molecule has 1 fully saturated rings. The number of carbonyl (C=O) groups is 1. The standard InChI is InChI=1S/C26H25N3O2/c1-20-6-5-8-24(18-20)28-14-16-29(17-15-28)26(30)22-10-12-25(31-2)21(19-22)9-11-23-7-3-4-13-27-23/h3-8,10,12-13,18-19H,14-17H2,1-2H3. The van der Waals surface area contributed by atoms with Crippen molar-refractivity contribution in [1.29, 1.82) is 0 Å². The first-order valence-corrected chi connectivity index (χ1v) is 10.4. The van der Waals surface area contributed by atoms with Crippen LogP contribution in [0.5, 0.6) is 5.75 Å². The zero-order valence-corrected chi connectivity index (χ0v) is 17.8. The van der Waals surface area contributed by atoms with Crippen LogP contribution >= 0.6 is 0 Å². The van der Waals surface area contributed by atoms with E-state index in [1.165, 1.54) is 11.3 Å². The number of anilines is 1. The third-order valence-corrected chi connectivity index (χ3v) is 5.37. The minimum Gasteiger partial charge on any atom is -0.495 e. The Labute approximate surface area is 183 Å². The third kappa shape index (κ3) is 4.87. The van der Waals surface area contributed by atoms with Crippen LogP contribution in [0.3, 0.4) is 0 Å². The van der Waals surface area contributed by atoms with E-state index in [4.69, 9.17) is 4.74 Å². The Morgan fingerprint density at radius 3 is 2.52 bits per heavy atom. The summed E-state index contributed by atoms with van der Waals surface area (Å²) in [6, 6.07) is 19.5. The lowest BCUT2D eigenvalue weighted by molar-refractivity contribution is 0.0746. The van der Waals surface area contributed by atoms with Crippen molar-refractivity contribution in [2.45, 2.75) is 6.92 Å². The lowest BCUT2D eigenvalue weighted by atomic mass is 10.1. The van der Waals surface area contributed by atoms with Crippen LogP contribution in [0.2, 0.25) is 0 Å². The summed E-state index contributed by atoms with van der Waals surface area (Å²) in [7, 11) is 1.60. The van der Waals surface area contributed by atoms with E-state index >= 15 is 0 Å². The Kier molecular flexibility index (Phi) is 6.18. The second-order valence-electron chi connectivity index (χ2n) is 7.50. The van der Waals surface area contributed by atoms with Gasteiger partial charge in [0.2, 0.25) is 0 Å². The van der Waals surface area contributed by atoms with Crippen molar-refractivity contribution in [2.75, 3.05) is 38.2 Å². The van der Waals surface area contributed by atoms with Crippen molar-refractivity contribution in [3.63, 3.8) is 0 Å². The lowest BCUT2D eigenvalue weighted by Crippen LogP contribution is -2.48. The van der Waals surface area contributed by atoms with Gasteiger partial charge in [0.05, 0.1) is 12.7 Å². The zero-order valence-electron chi connectivity index (χ0n) is 17.8. The van der Waals surface area contributed by atoms with E-state index in [2.05, 4.69) is 52.9 Å². The first-order valence-electron chi connectivity index (χ1n) is 10.4. The van der Waals surface area contributed by atoms with Crippen LogP contribution in [-0.4, -0.2) is 49.1 Å². The van der Waals surface area contributed by atoms with E-state index in [1.807, 2.05) is 29.2 Å². The van der Waals surface area contributed by atoms with Gasteiger partial charge in [-0.15, -0.1) is 0 Å². The maximum absolute atomic E-state index is 13.1. The number of nitrogens with zero attached hydrogens (tertiary/aromatic N) is 3. The van der Waals surface area contributed by atoms with E-state index in [1.54, 1.807) is 25.4 Å². The van der Waals surface area contributed by atoms with E-state index < -0.39 is 0 Å². The maximum atomic E-state index is 13.1. The number of ether oxygens (including phenoxy) is 1. The molecule has 0 bridgehead atoms. The van der Waals surface area contributed by atoms with Crippen LogP contribution in [0.15, 0.2) is 66.9 Å². The molecule has 0 atom stereocenters. The molecule has 2 heterocycles. The SMILES string of the molecule is COc1ccc(C(=O)N2CCN(c3cccc(C)c3)CC2)cc1C#Cc1ccccn1. The fourth-order valence-electron chi connectivity index (χ4n) is 3.68. The highest BCUT2D eigenvalue weighted by Crippen LogP contribution is 2.22. The number of hydrogen-bond donors (Lipinski definition) is 0. The first kappa shape index (κ1) is 20.5. The Hall–Kier alpha value is -3.78. The quantitative estimate of drug-likeness (QED) is 0.616. The normalized spacial score (nSPS) is 13.4. The van der Waals surface area contributed by atoms with Gasteiger partial charge in [-0.3, -0.25) is 4.79 Å². The molecule has 3 aromatic rings. The van der Waals surface area contributed by atoms with Crippen LogP contribution in [0.4, 0.5) is 5.69 Å². The Bertz CT molecular complexity index is 1120. The molecule has 1 amide bonds. The molecule has 5 heteroatoms. The van der Waals surface area contributed by atoms with Crippen molar-refractivity contribution in [3.05, 3.63) is 89.2 Å². The number of piperazine rings is 1. The van der Waals surface area contributed by atoms with E-state index in [9.17, 15) is 4.79 Å². The number of amides is 1. The highest BCUT2D eigenvalue weighted by molar-refractivity contribution is 5.95. The summed E-state index contributed by atoms with van der Waals surface area (Å²) in [6.45, 7) is 5.11. The number of aryl methyl sites for hydroxylation is 1. The molecule has 0 N–H and O–H groups in total. The van der Waals surface area contributed by atoms with Gasteiger partial charge >= 0.3 is 0 Å². The summed E-state index contributed by atoms with van der Waals surface area (Å²) in [4.78, 5) is 21.6. The van der Waals surface area contributed by atoms with E-state index in [-0.39, 0.29) is 5.91 Å². The number of methoxy groups -OCH3 is 1. The molecule has 1 saturated heterocycles. The molecule has 1 aliphatic rings. The topological polar surface area (TPSA) is 45.7 Å². The Morgan fingerprint density at radius 1 is 0.968 bits per heavy atom. The maximum Gasteiger partial charge on any atom is 0.254 e. The van der Waals surface area contributed by atoms with Gasteiger partial charge in [0, 0.05) is 43.6 Å². The molecule has 1 aliphatic heterocycles. The Balaban J connectivity index is 1.48. The minimum absolute atomic E-state index is 0.0208. The molecule has 0 spiro atoms. The van der Waals surface area contributed by atoms with Gasteiger partial charge in [0.15, 0.2) is 0 Å². The smallest absolute Gasteiger partial charge is 0.254 e. The molecule has 4 rings (SSSR count). The van der Waals surface area contributed by atoms with Crippen LogP contribution in [0, 0.1) is 18.8 Å². The molecule has 0 unspecified atom stereocenters. The van der Waals surface area contributed by atoms with Gasteiger partial charge in [-0.25, -0.2) is 4.98 Å². The van der Waals surface area contributed by atoms with Crippen LogP contribution in [-0.2, 0) is 0 Å². The summed E-state index contributed by atoms with van der Waals surface area (Å²) in [5.41, 5.74) is 4.43. The largest absolute Gasteiger partial charge is 0.495 e. The van der Waals surface area contributed by atoms with E-state index in [0.717, 1.165) is 13.1 Å². The molecule has 0 radical (unpaired) electrons. The second kappa shape index (κ2) is 9.36. The number of hydrogen-bond acceptors (Lipinski definition) is 4. The number of benzene rings is 2. The number of rotatable bonds is 3. The van der Waals surface area contributed by atoms with Gasteiger partial charge in [0.1, 0.15) is 11.4 Å². The minimum atomic E-state index is 0.0208. The average Bonchev–Trinajstić information content (AvgIpc) is 2.83. The molecule has 5 nitrogen and oxygen atoms in total. The first-order chi connectivity index (χ1) is 15.1. The fourth-order valence-corrected chi connectivity index (χ4v) is 3.68. The highest BCUT2D eigenvalue weighted by Gasteiger charge is 2.23. The fraction of sp³-hybridized carbons (Fsp3) is 0.231. The molecule has 31 heavy (non-hydrogen) atoms. The highest BCUT2D eigenvalue weighted by atomic mass is 16.5. The van der Waals surface area contributed by atoms with Crippen molar-refractivity contribution < 1.29 is 9.53 Å². The van der Waals surface area contributed by atoms with Crippen LogP contribution < -0.4 is 9.64 Å². The van der Waals surface area contributed by atoms with Gasteiger partial charge in [-0.05, 0) is 60.9 Å². The number of aromatic nitrogens is 1. The van der Waals surface area contributed by atoms with Crippen molar-refractivity contribution in [2.24, 2.45) is 0 Å². The summed E-state index contributed by atoms with van der Waals surface area (Å²) in [5, 5.41) is 0. The molecular weight excluding hydrogens is 386 g/mol. The zero-order chi connectivity index (χ0) is 21.6. The molecule has 156 valence electrons. The van der Waals surface area contributed by atoms with E-state index in [0.29, 0.717) is 35.7 Å². The number of carbonyl (C=O) groups excluding carboxylic acids is 1. The average molecular weight is 412 g/mol. The van der Waals surface area contributed by atoms with Crippen molar-refractivity contribution >= 4 is 11.6 Å². The molecule has 0 aliphatic carbocycles. The van der Waals surface area contributed by atoms with Crippen LogP contribution in [0.1, 0.15) is 27.2 Å². The molecule has 2 aromatic carbocycles. The lowest BCUT2D eigenvalue weighted by Gasteiger charge is -2.36. The predicted octanol–water partition coefficient (Wildman–Crippen LogP) is 3.76. The Morgan fingerprint density at radius 2 is 1.81 bits per heavy atom. The summed E-state index contributed by atoms with van der Waals surface area (Å²) in [5.74, 6) is 6.80. The van der Waals surface area contributed by atoms with Gasteiger partial charge < -0.3 is 14.5 Å². The van der Waals surface area contributed by atoms with Gasteiger partial charge in [-0.2, -0.15) is 0 Å². The molecular formula is C26H25N3O2. The number of pyridine rings is 1. The van der Waals surface area contributed by atoms with Crippen molar-refractivity contribution in [3.8, 4) is 17.6 Å². The van der Waals surface area contributed by atoms with Crippen LogP contribution in [0.25, 0.3) is 0 Å². The monoisotopic (exact) mass is 411 g/mol. The summed E-state index contributed by atoms with van der Waals surface area (Å²) in [6.07, 6.45) is 1.71. The summed E-state index contributed by atoms with van der Waals surface area (Å²) >= 11 is 0. The summed E-state index contributed by atoms with van der Waals surface area (Å²) < 4.78 is 5.43. The van der Waals surface area contributed by atoms with Gasteiger partial charge in [0.25, 0.3) is 5.91 Å². The van der Waals surface area contributed by atoms with Gasteiger partial charge in [-0.1, -0.05) is 24.1 Å². The van der Waals surface area contributed by atoms with Crippen molar-refractivity contribution in [1.82, 2.24) is 9.88 Å². The predicted molar refractivity (Wildman–Crippen MR) is 123 cm³/mol. The third-order valence-electron chi connectivity index (χ3n) is 5.37. The molecule has 0 saturated carbocycles.